The molecule has 0 radical (unpaired) electrons. The number of hydrazone groups is 1. The first-order valence-electron chi connectivity index (χ1n) is 7.21. The summed E-state index contributed by atoms with van der Waals surface area (Å²) in [4.78, 5) is 11.7. The molecule has 3 aromatic rings. The summed E-state index contributed by atoms with van der Waals surface area (Å²) >= 11 is 3.40. The lowest BCUT2D eigenvalue weighted by Crippen LogP contribution is -2.24. The molecule has 120 valence electrons. The lowest BCUT2D eigenvalue weighted by Gasteiger charge is -2.02. The van der Waals surface area contributed by atoms with Crippen molar-refractivity contribution in [1.29, 1.82) is 0 Å². The quantitative estimate of drug-likeness (QED) is 0.498. The van der Waals surface area contributed by atoms with Crippen LogP contribution >= 0.6 is 15.9 Å². The Labute approximate surface area is 147 Å². The summed E-state index contributed by atoms with van der Waals surface area (Å²) in [6, 6.07) is 20.2. The van der Waals surface area contributed by atoms with Crippen LogP contribution in [-0.2, 0) is 0 Å². The van der Waals surface area contributed by atoms with Gasteiger partial charge in [-0.15, -0.1) is 0 Å². The van der Waals surface area contributed by atoms with Gasteiger partial charge in [-0.2, -0.15) is 5.10 Å². The predicted molar refractivity (Wildman–Crippen MR) is 98.0 cm³/mol. The Balaban J connectivity index is 1.57. The average Bonchev–Trinajstić information content (AvgIpc) is 3.05. The SMILES string of the molecule is O=C(N/N=C/c1ccc(-c2ccc(Br)cc2)o1)Nc1ccccc1. The molecule has 24 heavy (non-hydrogen) atoms. The van der Waals surface area contributed by atoms with E-state index >= 15 is 0 Å². The zero-order valence-electron chi connectivity index (χ0n) is 12.6. The van der Waals surface area contributed by atoms with E-state index in [1.807, 2.05) is 48.5 Å². The van der Waals surface area contributed by atoms with Crippen molar-refractivity contribution in [2.24, 2.45) is 5.10 Å². The molecule has 0 aliphatic rings. The van der Waals surface area contributed by atoms with E-state index in [1.165, 1.54) is 6.21 Å². The van der Waals surface area contributed by atoms with Crippen molar-refractivity contribution in [3.8, 4) is 11.3 Å². The number of urea groups is 1. The van der Waals surface area contributed by atoms with Crippen molar-refractivity contribution in [2.45, 2.75) is 0 Å². The number of nitrogens with one attached hydrogen (secondary N) is 2. The molecule has 6 heteroatoms. The van der Waals surface area contributed by atoms with Gasteiger partial charge in [-0.3, -0.25) is 0 Å². The first kappa shape index (κ1) is 16.0. The molecule has 0 spiro atoms. The van der Waals surface area contributed by atoms with Gasteiger partial charge in [-0.1, -0.05) is 46.3 Å². The number of nitrogens with zero attached hydrogens (tertiary/aromatic N) is 1. The van der Waals surface area contributed by atoms with Crippen LogP contribution < -0.4 is 10.7 Å². The second-order valence-corrected chi connectivity index (χ2v) is 5.81. The maximum Gasteiger partial charge on any atom is 0.339 e. The number of halogens is 1. The van der Waals surface area contributed by atoms with Gasteiger partial charge in [0.25, 0.3) is 0 Å². The van der Waals surface area contributed by atoms with Gasteiger partial charge in [0.2, 0.25) is 0 Å². The molecule has 1 heterocycles. The molecule has 0 saturated heterocycles. The molecule has 2 N–H and O–H groups in total. The zero-order valence-corrected chi connectivity index (χ0v) is 14.2. The fourth-order valence-electron chi connectivity index (χ4n) is 2.03. The highest BCUT2D eigenvalue weighted by Gasteiger charge is 2.03. The number of hydrogen-bond donors (Lipinski definition) is 2. The fourth-order valence-corrected chi connectivity index (χ4v) is 2.29. The lowest BCUT2D eigenvalue weighted by molar-refractivity contribution is 0.252. The third-order valence-electron chi connectivity index (χ3n) is 3.15. The largest absolute Gasteiger partial charge is 0.455 e. The monoisotopic (exact) mass is 383 g/mol. The van der Waals surface area contributed by atoms with Crippen LogP contribution in [0, 0.1) is 0 Å². The molecule has 0 atom stereocenters. The van der Waals surface area contributed by atoms with Crippen LogP contribution in [0.4, 0.5) is 10.5 Å². The van der Waals surface area contributed by atoms with E-state index in [9.17, 15) is 4.79 Å². The molecule has 2 amide bonds. The van der Waals surface area contributed by atoms with Gasteiger partial charge in [0.1, 0.15) is 11.5 Å². The van der Waals surface area contributed by atoms with Crippen LogP contribution in [0.3, 0.4) is 0 Å². The molecular formula is C18H14BrN3O2. The Morgan fingerprint density at radius 2 is 1.75 bits per heavy atom. The van der Waals surface area contributed by atoms with E-state index in [0.29, 0.717) is 11.4 Å². The Morgan fingerprint density at radius 3 is 2.50 bits per heavy atom. The highest BCUT2D eigenvalue weighted by molar-refractivity contribution is 9.10. The van der Waals surface area contributed by atoms with Crippen molar-refractivity contribution in [3.05, 3.63) is 77.0 Å². The topological polar surface area (TPSA) is 66.6 Å². The lowest BCUT2D eigenvalue weighted by atomic mass is 10.2. The van der Waals surface area contributed by atoms with Gasteiger partial charge in [-0.05, 0) is 36.4 Å². The number of amides is 2. The van der Waals surface area contributed by atoms with Crippen LogP contribution in [-0.4, -0.2) is 12.2 Å². The molecule has 0 saturated carbocycles. The summed E-state index contributed by atoms with van der Waals surface area (Å²) < 4.78 is 6.68. The van der Waals surface area contributed by atoms with E-state index in [0.717, 1.165) is 15.8 Å². The Kier molecular flexibility index (Phi) is 5.08. The van der Waals surface area contributed by atoms with Crippen molar-refractivity contribution < 1.29 is 9.21 Å². The van der Waals surface area contributed by atoms with E-state index < -0.39 is 6.03 Å². The fraction of sp³-hybridized carbons (Fsp3) is 0. The molecule has 3 rings (SSSR count). The minimum Gasteiger partial charge on any atom is -0.455 e. The number of rotatable bonds is 4. The first-order chi connectivity index (χ1) is 11.7. The summed E-state index contributed by atoms with van der Waals surface area (Å²) in [5.74, 6) is 1.28. The Bertz CT molecular complexity index is 842. The van der Waals surface area contributed by atoms with Crippen molar-refractivity contribution >= 4 is 33.9 Å². The second kappa shape index (κ2) is 7.61. The normalized spacial score (nSPS) is 10.7. The Morgan fingerprint density at radius 1 is 1.00 bits per heavy atom. The summed E-state index contributed by atoms with van der Waals surface area (Å²) in [6.45, 7) is 0. The highest BCUT2D eigenvalue weighted by atomic mass is 79.9. The number of benzene rings is 2. The van der Waals surface area contributed by atoms with Crippen LogP contribution in [0.2, 0.25) is 0 Å². The van der Waals surface area contributed by atoms with E-state index in [4.69, 9.17) is 4.42 Å². The molecule has 0 aliphatic heterocycles. The molecule has 0 bridgehead atoms. The molecule has 0 fully saturated rings. The number of carbonyl (C=O) groups excluding carboxylic acids is 1. The minimum atomic E-state index is -0.419. The molecule has 2 aromatic carbocycles. The summed E-state index contributed by atoms with van der Waals surface area (Å²) in [5.41, 5.74) is 4.05. The van der Waals surface area contributed by atoms with Crippen molar-refractivity contribution in [1.82, 2.24) is 5.43 Å². The van der Waals surface area contributed by atoms with Gasteiger partial charge in [-0.25, -0.2) is 10.2 Å². The van der Waals surface area contributed by atoms with Crippen LogP contribution in [0.15, 0.2) is 80.7 Å². The number of furan rings is 1. The van der Waals surface area contributed by atoms with E-state index in [1.54, 1.807) is 18.2 Å². The van der Waals surface area contributed by atoms with Gasteiger partial charge in [0, 0.05) is 15.7 Å². The third-order valence-corrected chi connectivity index (χ3v) is 3.67. The smallest absolute Gasteiger partial charge is 0.339 e. The maximum atomic E-state index is 11.7. The van der Waals surface area contributed by atoms with Gasteiger partial charge >= 0.3 is 6.03 Å². The van der Waals surface area contributed by atoms with Gasteiger partial charge in [0.15, 0.2) is 0 Å². The third kappa shape index (κ3) is 4.33. The molecule has 0 aliphatic carbocycles. The second-order valence-electron chi connectivity index (χ2n) is 4.90. The standard InChI is InChI=1S/C18H14BrN3O2/c19-14-8-6-13(7-9-14)17-11-10-16(24-17)12-20-22-18(23)21-15-4-2-1-3-5-15/h1-12H,(H2,21,22,23)/b20-12+. The number of carbonyl (C=O) groups is 1. The summed E-state index contributed by atoms with van der Waals surface area (Å²) in [6.07, 6.45) is 1.45. The number of anilines is 1. The summed E-state index contributed by atoms with van der Waals surface area (Å²) in [5, 5.41) is 6.54. The van der Waals surface area contributed by atoms with Crippen molar-refractivity contribution in [3.63, 3.8) is 0 Å². The van der Waals surface area contributed by atoms with E-state index in [-0.39, 0.29) is 0 Å². The van der Waals surface area contributed by atoms with Crippen LogP contribution in [0.1, 0.15) is 5.76 Å². The van der Waals surface area contributed by atoms with Crippen molar-refractivity contribution in [2.75, 3.05) is 5.32 Å². The molecule has 0 unspecified atom stereocenters. The van der Waals surface area contributed by atoms with Gasteiger partial charge < -0.3 is 9.73 Å². The van der Waals surface area contributed by atoms with Gasteiger partial charge in [0.05, 0.1) is 6.21 Å². The number of hydrogen-bond acceptors (Lipinski definition) is 3. The minimum absolute atomic E-state index is 0.419. The van der Waals surface area contributed by atoms with Crippen LogP contribution in [0.25, 0.3) is 11.3 Å². The summed E-state index contributed by atoms with van der Waals surface area (Å²) in [7, 11) is 0. The average molecular weight is 384 g/mol. The molecule has 5 nitrogen and oxygen atoms in total. The molecule has 1 aromatic heterocycles. The first-order valence-corrected chi connectivity index (χ1v) is 8.01. The predicted octanol–water partition coefficient (Wildman–Crippen LogP) is 4.86. The number of para-hydroxylation sites is 1. The zero-order chi connectivity index (χ0) is 16.8. The maximum absolute atomic E-state index is 11.7. The van der Waals surface area contributed by atoms with Crippen LogP contribution in [0.5, 0.6) is 0 Å². The Hall–Kier alpha value is -2.86. The molecular weight excluding hydrogens is 370 g/mol. The van der Waals surface area contributed by atoms with E-state index in [2.05, 4.69) is 31.8 Å². The highest BCUT2D eigenvalue weighted by Crippen LogP contribution is 2.23.